The Morgan fingerprint density at radius 2 is 2.00 bits per heavy atom. The lowest BCUT2D eigenvalue weighted by Crippen LogP contribution is -2.67. The van der Waals surface area contributed by atoms with Crippen molar-refractivity contribution in [2.75, 3.05) is 19.7 Å². The van der Waals surface area contributed by atoms with Gasteiger partial charge < -0.3 is 4.74 Å². The zero-order valence-electron chi connectivity index (χ0n) is 9.26. The van der Waals surface area contributed by atoms with E-state index in [9.17, 15) is 4.79 Å². The first-order valence-electron chi connectivity index (χ1n) is 4.91. The molecule has 0 radical (unpaired) electrons. The second-order valence-corrected chi connectivity index (χ2v) is 5.44. The summed E-state index contributed by atoms with van der Waals surface area (Å²) in [5.41, 5.74) is 0.0743. The predicted molar refractivity (Wildman–Crippen MR) is 56.5 cm³/mol. The Labute approximate surface area is 90.4 Å². The normalized spacial score (nSPS) is 21.5. The number of nitrogens with zero attached hydrogens (tertiary/aromatic N) is 1. The van der Waals surface area contributed by atoms with Gasteiger partial charge in [0.1, 0.15) is 0 Å². The number of ether oxygens (including phenoxy) is 1. The van der Waals surface area contributed by atoms with Crippen molar-refractivity contribution in [3.8, 4) is 0 Å². The average molecular weight is 220 g/mol. The maximum absolute atomic E-state index is 11.4. The highest BCUT2D eigenvalue weighted by molar-refractivity contribution is 6.35. The zero-order valence-corrected chi connectivity index (χ0v) is 10.0. The van der Waals surface area contributed by atoms with Gasteiger partial charge in [-0.15, -0.1) is 11.6 Å². The monoisotopic (exact) mass is 219 g/mol. The molecule has 0 atom stereocenters. The molecule has 14 heavy (non-hydrogen) atoms. The molecule has 0 aromatic rings. The average Bonchev–Trinajstić information content (AvgIpc) is 1.97. The first-order valence-corrected chi connectivity index (χ1v) is 5.28. The number of likely N-dealkylation sites (tertiary alicyclic amines) is 1. The van der Waals surface area contributed by atoms with Crippen molar-refractivity contribution in [1.82, 2.24) is 4.90 Å². The fourth-order valence-corrected chi connectivity index (χ4v) is 1.77. The molecule has 1 rings (SSSR count). The Balaban J connectivity index is 2.49. The van der Waals surface area contributed by atoms with Crippen LogP contribution in [0.2, 0.25) is 0 Å². The number of esters is 1. The van der Waals surface area contributed by atoms with Crippen LogP contribution < -0.4 is 0 Å². The third-order valence-corrected chi connectivity index (χ3v) is 2.87. The van der Waals surface area contributed by atoms with Gasteiger partial charge in [-0.2, -0.15) is 0 Å². The SMILES string of the molecule is CCOC(=O)C1(Cl)CN(C(C)(C)C)C1. The van der Waals surface area contributed by atoms with Crippen LogP contribution in [-0.4, -0.2) is 41.0 Å². The van der Waals surface area contributed by atoms with Gasteiger partial charge >= 0.3 is 5.97 Å². The van der Waals surface area contributed by atoms with Crippen LogP contribution in [0.4, 0.5) is 0 Å². The first-order chi connectivity index (χ1) is 6.29. The molecule has 0 aromatic heterocycles. The van der Waals surface area contributed by atoms with E-state index in [-0.39, 0.29) is 11.5 Å². The van der Waals surface area contributed by atoms with Crippen LogP contribution in [0.15, 0.2) is 0 Å². The molecule has 0 N–H and O–H groups in total. The summed E-state index contributed by atoms with van der Waals surface area (Å²) < 4.78 is 4.91. The van der Waals surface area contributed by atoms with E-state index in [0.717, 1.165) is 0 Å². The summed E-state index contributed by atoms with van der Waals surface area (Å²) in [5.74, 6) is -0.290. The summed E-state index contributed by atoms with van der Waals surface area (Å²) >= 11 is 6.12. The van der Waals surface area contributed by atoms with Crippen molar-refractivity contribution in [2.45, 2.75) is 38.1 Å². The van der Waals surface area contributed by atoms with E-state index in [4.69, 9.17) is 16.3 Å². The van der Waals surface area contributed by atoms with Crippen LogP contribution in [0.1, 0.15) is 27.7 Å². The summed E-state index contributed by atoms with van der Waals surface area (Å²) in [6, 6.07) is 0. The molecule has 0 bridgehead atoms. The Kier molecular flexibility index (Phi) is 3.12. The Bertz CT molecular complexity index is 229. The molecule has 1 saturated heterocycles. The highest BCUT2D eigenvalue weighted by Gasteiger charge is 2.51. The molecule has 1 aliphatic heterocycles. The smallest absolute Gasteiger partial charge is 0.329 e. The van der Waals surface area contributed by atoms with Gasteiger partial charge in [0.15, 0.2) is 4.87 Å². The Morgan fingerprint density at radius 1 is 1.50 bits per heavy atom. The maximum atomic E-state index is 11.4. The van der Waals surface area contributed by atoms with Crippen LogP contribution in [0.3, 0.4) is 0 Å². The van der Waals surface area contributed by atoms with Crippen LogP contribution in [-0.2, 0) is 9.53 Å². The minimum atomic E-state index is -0.802. The molecule has 1 heterocycles. The third-order valence-electron chi connectivity index (χ3n) is 2.47. The van der Waals surface area contributed by atoms with E-state index in [2.05, 4.69) is 25.7 Å². The topological polar surface area (TPSA) is 29.5 Å². The van der Waals surface area contributed by atoms with Crippen LogP contribution in [0, 0.1) is 0 Å². The highest BCUT2D eigenvalue weighted by Crippen LogP contribution is 2.34. The third kappa shape index (κ3) is 2.20. The molecule has 0 saturated carbocycles. The van der Waals surface area contributed by atoms with Gasteiger partial charge in [-0.25, -0.2) is 0 Å². The number of hydrogen-bond donors (Lipinski definition) is 0. The molecule has 1 fully saturated rings. The second-order valence-electron chi connectivity index (χ2n) is 4.71. The van der Waals surface area contributed by atoms with E-state index in [1.54, 1.807) is 6.92 Å². The molecule has 1 aliphatic rings. The summed E-state index contributed by atoms with van der Waals surface area (Å²) in [7, 11) is 0. The summed E-state index contributed by atoms with van der Waals surface area (Å²) in [6.07, 6.45) is 0. The van der Waals surface area contributed by atoms with E-state index in [1.807, 2.05) is 0 Å². The number of rotatable bonds is 2. The number of carbonyl (C=O) groups is 1. The van der Waals surface area contributed by atoms with Crippen LogP contribution in [0.25, 0.3) is 0 Å². The minimum absolute atomic E-state index is 0.0743. The van der Waals surface area contributed by atoms with Crippen LogP contribution in [0.5, 0.6) is 0 Å². The number of hydrogen-bond acceptors (Lipinski definition) is 3. The molecule has 0 aliphatic carbocycles. The van der Waals surface area contributed by atoms with Crippen molar-refractivity contribution in [3.05, 3.63) is 0 Å². The van der Waals surface area contributed by atoms with Crippen molar-refractivity contribution in [1.29, 1.82) is 0 Å². The van der Waals surface area contributed by atoms with Crippen molar-refractivity contribution in [3.63, 3.8) is 0 Å². The van der Waals surface area contributed by atoms with Crippen LogP contribution >= 0.6 is 11.6 Å². The van der Waals surface area contributed by atoms with Gasteiger partial charge in [-0.05, 0) is 27.7 Å². The van der Waals surface area contributed by atoms with Gasteiger partial charge in [-0.1, -0.05) is 0 Å². The van der Waals surface area contributed by atoms with Gasteiger partial charge in [-0.3, -0.25) is 9.69 Å². The molecule has 4 heteroatoms. The Hall–Kier alpha value is -0.280. The molecule has 0 aromatic carbocycles. The van der Waals surface area contributed by atoms with Crippen molar-refractivity contribution < 1.29 is 9.53 Å². The fourth-order valence-electron chi connectivity index (χ4n) is 1.42. The molecule has 82 valence electrons. The molecule has 0 amide bonds. The summed E-state index contributed by atoms with van der Waals surface area (Å²) in [4.78, 5) is 12.8. The zero-order chi connectivity index (χ0) is 11.0. The lowest BCUT2D eigenvalue weighted by atomic mass is 9.92. The Morgan fingerprint density at radius 3 is 2.36 bits per heavy atom. The number of carbonyl (C=O) groups excluding carboxylic acids is 1. The molecule has 0 unspecified atom stereocenters. The maximum Gasteiger partial charge on any atom is 0.329 e. The fraction of sp³-hybridized carbons (Fsp3) is 0.900. The lowest BCUT2D eigenvalue weighted by molar-refractivity contribution is -0.153. The summed E-state index contributed by atoms with van der Waals surface area (Å²) in [6.45, 7) is 9.66. The predicted octanol–water partition coefficient (Wildman–Crippen LogP) is 1.64. The first kappa shape index (κ1) is 11.8. The number of alkyl halides is 1. The summed E-state index contributed by atoms with van der Waals surface area (Å²) in [5, 5.41) is 0. The van der Waals surface area contributed by atoms with E-state index < -0.39 is 4.87 Å². The van der Waals surface area contributed by atoms with Gasteiger partial charge in [0.2, 0.25) is 0 Å². The molecule has 3 nitrogen and oxygen atoms in total. The quantitative estimate of drug-likeness (QED) is 0.523. The van der Waals surface area contributed by atoms with Gasteiger partial charge in [0.05, 0.1) is 6.61 Å². The van der Waals surface area contributed by atoms with Gasteiger partial charge in [0, 0.05) is 18.6 Å². The molecule has 0 spiro atoms. The van der Waals surface area contributed by atoms with Crippen molar-refractivity contribution in [2.24, 2.45) is 0 Å². The van der Waals surface area contributed by atoms with Gasteiger partial charge in [0.25, 0.3) is 0 Å². The molecular weight excluding hydrogens is 202 g/mol. The second kappa shape index (κ2) is 3.70. The lowest BCUT2D eigenvalue weighted by Gasteiger charge is -2.50. The molecular formula is C10H18ClNO2. The largest absolute Gasteiger partial charge is 0.465 e. The standard InChI is InChI=1S/C10H18ClNO2/c1-5-14-8(13)10(11)6-12(7-10)9(2,3)4/h5-7H2,1-4H3. The van der Waals surface area contributed by atoms with Crippen molar-refractivity contribution >= 4 is 17.6 Å². The van der Waals surface area contributed by atoms with E-state index in [1.165, 1.54) is 0 Å². The van der Waals surface area contributed by atoms with E-state index >= 15 is 0 Å². The highest BCUT2D eigenvalue weighted by atomic mass is 35.5. The van der Waals surface area contributed by atoms with E-state index in [0.29, 0.717) is 19.7 Å². The number of halogens is 1. The minimum Gasteiger partial charge on any atom is -0.465 e.